The number of nitrogens with zero attached hydrogens (tertiary/aromatic N) is 4. The maximum absolute atomic E-state index is 13.2. The molecule has 0 aliphatic heterocycles. The van der Waals surface area contributed by atoms with E-state index in [0.29, 0.717) is 41.9 Å². The summed E-state index contributed by atoms with van der Waals surface area (Å²) in [5.41, 5.74) is 6.07. The standard InChI is InChI=1S/C32H39N5O4/c1-7-8-17-37(40-19-18-36(4)5)29-21-27(14-16-30(29)39-6)34-32(38)25-11-9-24(10-12-25)28-15-13-26(20-22(28)2)31-33-23(3)41-35-31/h9-16,20-21H,7-8,17-19H2,1-6H3,(H,34,38). The van der Waals surface area contributed by atoms with E-state index in [1.165, 1.54) is 0 Å². The smallest absolute Gasteiger partial charge is 0.255 e. The fourth-order valence-corrected chi connectivity index (χ4v) is 4.40. The second-order valence-corrected chi connectivity index (χ2v) is 10.2. The summed E-state index contributed by atoms with van der Waals surface area (Å²) >= 11 is 0. The summed E-state index contributed by atoms with van der Waals surface area (Å²) in [5, 5.41) is 8.89. The summed E-state index contributed by atoms with van der Waals surface area (Å²) in [6, 6.07) is 19.2. The summed E-state index contributed by atoms with van der Waals surface area (Å²) in [5.74, 6) is 1.59. The average Bonchev–Trinajstić information content (AvgIpc) is 3.41. The molecular formula is C32H39N5O4. The van der Waals surface area contributed by atoms with Crippen LogP contribution in [-0.2, 0) is 4.84 Å². The van der Waals surface area contributed by atoms with Gasteiger partial charge in [0.1, 0.15) is 11.4 Å². The molecule has 216 valence electrons. The molecule has 1 heterocycles. The molecule has 0 aliphatic carbocycles. The molecule has 4 aromatic rings. The number of ether oxygens (including phenoxy) is 1. The number of nitrogens with one attached hydrogen (secondary N) is 1. The molecule has 0 aliphatic rings. The molecule has 41 heavy (non-hydrogen) atoms. The van der Waals surface area contributed by atoms with Crippen LogP contribution in [0.15, 0.2) is 65.2 Å². The van der Waals surface area contributed by atoms with Crippen molar-refractivity contribution in [2.24, 2.45) is 0 Å². The van der Waals surface area contributed by atoms with Gasteiger partial charge in [0.25, 0.3) is 5.91 Å². The van der Waals surface area contributed by atoms with E-state index in [2.05, 4.69) is 27.3 Å². The first kappa shape index (κ1) is 29.8. The molecule has 9 heteroatoms. The molecule has 1 aromatic heterocycles. The Bertz CT molecular complexity index is 1450. The maximum Gasteiger partial charge on any atom is 0.255 e. The van der Waals surface area contributed by atoms with Gasteiger partial charge in [-0.15, -0.1) is 0 Å². The molecule has 0 bridgehead atoms. The summed E-state index contributed by atoms with van der Waals surface area (Å²) in [6.07, 6.45) is 2.00. The first-order chi connectivity index (χ1) is 19.8. The Labute approximate surface area is 242 Å². The van der Waals surface area contributed by atoms with E-state index >= 15 is 0 Å². The normalized spacial score (nSPS) is 11.1. The summed E-state index contributed by atoms with van der Waals surface area (Å²) in [7, 11) is 5.66. The highest BCUT2D eigenvalue weighted by atomic mass is 16.7. The Morgan fingerprint density at radius 3 is 2.37 bits per heavy atom. The van der Waals surface area contributed by atoms with E-state index < -0.39 is 0 Å². The number of aromatic nitrogens is 2. The van der Waals surface area contributed by atoms with Gasteiger partial charge in [-0.3, -0.25) is 14.7 Å². The fourth-order valence-electron chi connectivity index (χ4n) is 4.40. The van der Waals surface area contributed by atoms with Gasteiger partial charge in [0.2, 0.25) is 11.7 Å². The van der Waals surface area contributed by atoms with E-state index in [1.807, 2.05) is 86.7 Å². The van der Waals surface area contributed by atoms with Crippen molar-refractivity contribution in [3.05, 3.63) is 77.7 Å². The molecule has 0 saturated carbocycles. The van der Waals surface area contributed by atoms with Crippen LogP contribution in [0.2, 0.25) is 0 Å². The number of carbonyl (C=O) groups is 1. The zero-order valence-electron chi connectivity index (χ0n) is 24.7. The highest BCUT2D eigenvalue weighted by Gasteiger charge is 2.16. The van der Waals surface area contributed by atoms with Crippen LogP contribution >= 0.6 is 0 Å². The Morgan fingerprint density at radius 2 is 1.73 bits per heavy atom. The minimum atomic E-state index is -0.194. The van der Waals surface area contributed by atoms with Crippen LogP contribution < -0.4 is 15.1 Å². The second kappa shape index (κ2) is 13.9. The largest absolute Gasteiger partial charge is 0.494 e. The Balaban J connectivity index is 1.49. The van der Waals surface area contributed by atoms with Crippen molar-refractivity contribution in [3.63, 3.8) is 0 Å². The van der Waals surface area contributed by atoms with Gasteiger partial charge in [-0.1, -0.05) is 42.8 Å². The van der Waals surface area contributed by atoms with Gasteiger partial charge in [0, 0.05) is 36.8 Å². The van der Waals surface area contributed by atoms with Crippen molar-refractivity contribution in [2.45, 2.75) is 33.6 Å². The minimum absolute atomic E-state index is 0.194. The van der Waals surface area contributed by atoms with Gasteiger partial charge in [0.15, 0.2) is 0 Å². The molecule has 1 amide bonds. The van der Waals surface area contributed by atoms with Crippen LogP contribution in [0.5, 0.6) is 5.75 Å². The van der Waals surface area contributed by atoms with Gasteiger partial charge in [0.05, 0.1) is 13.7 Å². The lowest BCUT2D eigenvalue weighted by Gasteiger charge is -2.26. The van der Waals surface area contributed by atoms with Crippen molar-refractivity contribution < 1.29 is 18.9 Å². The number of hydrogen-bond donors (Lipinski definition) is 1. The van der Waals surface area contributed by atoms with Gasteiger partial charge in [-0.2, -0.15) is 4.98 Å². The second-order valence-electron chi connectivity index (χ2n) is 10.2. The molecule has 0 fully saturated rings. The number of benzene rings is 3. The third kappa shape index (κ3) is 7.71. The van der Waals surface area contributed by atoms with E-state index in [4.69, 9.17) is 14.1 Å². The molecule has 3 aromatic carbocycles. The number of unbranched alkanes of at least 4 members (excludes halogenated alkanes) is 1. The van der Waals surface area contributed by atoms with Crippen molar-refractivity contribution in [1.82, 2.24) is 15.0 Å². The number of rotatable bonds is 13. The van der Waals surface area contributed by atoms with Crippen molar-refractivity contribution in [3.8, 4) is 28.3 Å². The van der Waals surface area contributed by atoms with E-state index in [-0.39, 0.29) is 5.91 Å². The average molecular weight is 558 g/mol. The zero-order valence-corrected chi connectivity index (χ0v) is 24.7. The number of amides is 1. The van der Waals surface area contributed by atoms with E-state index in [1.54, 1.807) is 14.0 Å². The summed E-state index contributed by atoms with van der Waals surface area (Å²) in [4.78, 5) is 25.7. The van der Waals surface area contributed by atoms with Crippen LogP contribution in [0, 0.1) is 13.8 Å². The molecule has 9 nitrogen and oxygen atoms in total. The molecule has 4 rings (SSSR count). The SMILES string of the molecule is CCCCN(OCCN(C)C)c1cc(NC(=O)c2ccc(-c3ccc(-c4noc(C)n4)cc3C)cc2)ccc1OC. The number of methoxy groups -OCH3 is 1. The van der Waals surface area contributed by atoms with Gasteiger partial charge in [-0.05, 0) is 80.5 Å². The third-order valence-corrected chi connectivity index (χ3v) is 6.68. The quantitative estimate of drug-likeness (QED) is 0.189. The van der Waals surface area contributed by atoms with E-state index in [9.17, 15) is 4.79 Å². The fraction of sp³-hybridized carbons (Fsp3) is 0.344. The van der Waals surface area contributed by atoms with E-state index in [0.717, 1.165) is 47.3 Å². The molecule has 0 spiro atoms. The molecule has 0 saturated heterocycles. The van der Waals surface area contributed by atoms with Crippen molar-refractivity contribution >= 4 is 17.3 Å². The van der Waals surface area contributed by atoms with Crippen LogP contribution in [0.3, 0.4) is 0 Å². The third-order valence-electron chi connectivity index (χ3n) is 6.68. The number of aryl methyl sites for hydroxylation is 2. The topological polar surface area (TPSA) is 93.0 Å². The highest BCUT2D eigenvalue weighted by molar-refractivity contribution is 6.04. The lowest BCUT2D eigenvalue weighted by Crippen LogP contribution is -2.29. The number of carbonyl (C=O) groups excluding carboxylic acids is 1. The first-order valence-electron chi connectivity index (χ1n) is 13.9. The molecule has 0 unspecified atom stereocenters. The monoisotopic (exact) mass is 557 g/mol. The predicted octanol–water partition coefficient (Wildman–Crippen LogP) is 6.38. The van der Waals surface area contributed by atoms with Crippen LogP contribution in [0.25, 0.3) is 22.5 Å². The number of likely N-dealkylation sites (N-methyl/N-ethyl adjacent to an activating group) is 1. The van der Waals surface area contributed by atoms with Gasteiger partial charge < -0.3 is 19.5 Å². The minimum Gasteiger partial charge on any atom is -0.494 e. The Morgan fingerprint density at radius 1 is 0.976 bits per heavy atom. The Kier molecular flexibility index (Phi) is 10.1. The molecular weight excluding hydrogens is 518 g/mol. The Hall–Kier alpha value is -4.21. The number of anilines is 2. The predicted molar refractivity (Wildman–Crippen MR) is 162 cm³/mol. The number of hydrogen-bond acceptors (Lipinski definition) is 8. The maximum atomic E-state index is 13.2. The lowest BCUT2D eigenvalue weighted by molar-refractivity contribution is 0.0922. The zero-order chi connectivity index (χ0) is 29.4. The van der Waals surface area contributed by atoms with Crippen LogP contribution in [0.4, 0.5) is 11.4 Å². The molecule has 0 radical (unpaired) electrons. The van der Waals surface area contributed by atoms with Gasteiger partial charge in [-0.25, -0.2) is 0 Å². The van der Waals surface area contributed by atoms with Crippen molar-refractivity contribution in [1.29, 1.82) is 0 Å². The molecule has 0 atom stereocenters. The van der Waals surface area contributed by atoms with Crippen molar-refractivity contribution in [2.75, 3.05) is 51.3 Å². The highest BCUT2D eigenvalue weighted by Crippen LogP contribution is 2.33. The first-order valence-corrected chi connectivity index (χ1v) is 13.9. The summed E-state index contributed by atoms with van der Waals surface area (Å²) < 4.78 is 10.7. The summed E-state index contributed by atoms with van der Waals surface area (Å²) in [6.45, 7) is 8.01. The van der Waals surface area contributed by atoms with Gasteiger partial charge >= 0.3 is 0 Å². The lowest BCUT2D eigenvalue weighted by atomic mass is 9.97. The van der Waals surface area contributed by atoms with Crippen LogP contribution in [-0.4, -0.2) is 61.8 Å². The van der Waals surface area contributed by atoms with Crippen LogP contribution in [0.1, 0.15) is 41.6 Å². The number of hydroxylamine groups is 1. The molecule has 1 N–H and O–H groups in total.